The number of anilines is 1. The van der Waals surface area contributed by atoms with Crippen molar-refractivity contribution in [1.29, 1.82) is 0 Å². The first-order chi connectivity index (χ1) is 10.8. The number of rotatable bonds is 4. The van der Waals surface area contributed by atoms with Crippen LogP contribution in [0.15, 0.2) is 30.5 Å². The van der Waals surface area contributed by atoms with Crippen molar-refractivity contribution >= 4 is 27.4 Å². The highest BCUT2D eigenvalue weighted by Crippen LogP contribution is 2.34. The fourth-order valence-electron chi connectivity index (χ4n) is 3.00. The number of fused-ring (bicyclic) bond motifs is 1. The number of para-hydroxylation sites is 1. The SMILES string of the molecule is Cc1sc(NC[C@H]2CCCO2)nc1-c1c[nH]c2ccccc12. The van der Waals surface area contributed by atoms with Gasteiger partial charge in [0.25, 0.3) is 0 Å². The Balaban J connectivity index is 1.59. The molecule has 1 atom stereocenters. The van der Waals surface area contributed by atoms with Crippen molar-refractivity contribution in [3.05, 3.63) is 35.3 Å². The number of H-pyrrole nitrogens is 1. The number of aromatic amines is 1. The molecule has 1 aromatic carbocycles. The second-order valence-corrected chi connectivity index (χ2v) is 6.89. The fourth-order valence-corrected chi connectivity index (χ4v) is 3.83. The summed E-state index contributed by atoms with van der Waals surface area (Å²) in [4.78, 5) is 9.36. The Kier molecular flexibility index (Phi) is 3.60. The van der Waals surface area contributed by atoms with Crippen molar-refractivity contribution in [3.8, 4) is 11.3 Å². The van der Waals surface area contributed by atoms with Gasteiger partial charge in [-0.05, 0) is 25.8 Å². The summed E-state index contributed by atoms with van der Waals surface area (Å²) in [6.45, 7) is 3.87. The number of benzene rings is 1. The van der Waals surface area contributed by atoms with Gasteiger partial charge in [-0.2, -0.15) is 0 Å². The molecular formula is C17H19N3OS. The van der Waals surface area contributed by atoms with E-state index in [4.69, 9.17) is 9.72 Å². The third-order valence-corrected chi connectivity index (χ3v) is 5.07. The third-order valence-electron chi connectivity index (χ3n) is 4.15. The number of nitrogens with zero attached hydrogens (tertiary/aromatic N) is 1. The van der Waals surface area contributed by atoms with E-state index in [1.165, 1.54) is 22.2 Å². The highest BCUT2D eigenvalue weighted by atomic mass is 32.1. The van der Waals surface area contributed by atoms with E-state index in [1.54, 1.807) is 11.3 Å². The molecule has 114 valence electrons. The largest absolute Gasteiger partial charge is 0.376 e. The lowest BCUT2D eigenvalue weighted by Gasteiger charge is -2.09. The standard InChI is InChI=1S/C17H19N3OS/c1-11-16(14-10-18-15-7-3-2-6-13(14)15)20-17(22-11)19-9-12-5-4-8-21-12/h2-3,6-7,10,12,18H,4-5,8-9H2,1H3,(H,19,20)/t12-/m1/s1. The molecule has 4 rings (SSSR count). The van der Waals surface area contributed by atoms with Crippen LogP contribution in [-0.2, 0) is 4.74 Å². The molecule has 1 saturated heterocycles. The molecule has 0 bridgehead atoms. The highest BCUT2D eigenvalue weighted by Gasteiger charge is 2.17. The first-order valence-electron chi connectivity index (χ1n) is 7.70. The molecule has 0 saturated carbocycles. The van der Waals surface area contributed by atoms with Crippen LogP contribution in [0.25, 0.3) is 22.2 Å². The molecule has 1 fully saturated rings. The summed E-state index contributed by atoms with van der Waals surface area (Å²) in [5.41, 5.74) is 3.39. The van der Waals surface area contributed by atoms with Crippen molar-refractivity contribution < 1.29 is 4.74 Å². The first kappa shape index (κ1) is 13.8. The molecule has 1 aliphatic heterocycles. The number of hydrogen-bond donors (Lipinski definition) is 2. The van der Waals surface area contributed by atoms with Gasteiger partial charge in [-0.15, -0.1) is 11.3 Å². The van der Waals surface area contributed by atoms with Crippen LogP contribution in [0.4, 0.5) is 5.13 Å². The highest BCUT2D eigenvalue weighted by molar-refractivity contribution is 7.16. The molecule has 0 amide bonds. The lowest BCUT2D eigenvalue weighted by molar-refractivity contribution is 0.120. The van der Waals surface area contributed by atoms with Crippen molar-refractivity contribution in [2.24, 2.45) is 0 Å². The van der Waals surface area contributed by atoms with Crippen LogP contribution in [0.5, 0.6) is 0 Å². The summed E-state index contributed by atoms with van der Waals surface area (Å²) in [5, 5.41) is 5.63. The number of thiazole rings is 1. The summed E-state index contributed by atoms with van der Waals surface area (Å²) in [6.07, 6.45) is 4.70. The Morgan fingerprint density at radius 2 is 2.32 bits per heavy atom. The predicted molar refractivity (Wildman–Crippen MR) is 91.6 cm³/mol. The Labute approximate surface area is 133 Å². The molecular weight excluding hydrogens is 294 g/mol. The predicted octanol–water partition coefficient (Wildman–Crippen LogP) is 4.19. The molecule has 22 heavy (non-hydrogen) atoms. The van der Waals surface area contributed by atoms with Gasteiger partial charge in [0, 0.05) is 40.7 Å². The Hall–Kier alpha value is -1.85. The second kappa shape index (κ2) is 5.74. The van der Waals surface area contributed by atoms with Crippen LogP contribution in [0.1, 0.15) is 17.7 Å². The van der Waals surface area contributed by atoms with Gasteiger partial charge in [-0.25, -0.2) is 4.98 Å². The Bertz CT molecular complexity index is 786. The maximum atomic E-state index is 5.65. The van der Waals surface area contributed by atoms with Crippen LogP contribution < -0.4 is 5.32 Å². The normalized spacial score (nSPS) is 18.1. The van der Waals surface area contributed by atoms with E-state index < -0.39 is 0 Å². The van der Waals surface area contributed by atoms with Crippen molar-refractivity contribution in [2.75, 3.05) is 18.5 Å². The fraction of sp³-hybridized carbons (Fsp3) is 0.353. The summed E-state index contributed by atoms with van der Waals surface area (Å²) < 4.78 is 5.65. The van der Waals surface area contributed by atoms with Crippen LogP contribution in [-0.4, -0.2) is 29.2 Å². The monoisotopic (exact) mass is 313 g/mol. The van der Waals surface area contributed by atoms with E-state index in [0.29, 0.717) is 6.10 Å². The van der Waals surface area contributed by atoms with Gasteiger partial charge in [0.2, 0.25) is 0 Å². The zero-order valence-electron chi connectivity index (χ0n) is 12.6. The Morgan fingerprint density at radius 3 is 3.18 bits per heavy atom. The molecule has 0 radical (unpaired) electrons. The van der Waals surface area contributed by atoms with Gasteiger partial charge in [-0.3, -0.25) is 0 Å². The zero-order valence-corrected chi connectivity index (χ0v) is 13.4. The number of aromatic nitrogens is 2. The molecule has 0 spiro atoms. The minimum Gasteiger partial charge on any atom is -0.376 e. The molecule has 2 N–H and O–H groups in total. The average Bonchev–Trinajstić information content (AvgIpc) is 3.24. The number of nitrogens with one attached hydrogen (secondary N) is 2. The minimum absolute atomic E-state index is 0.334. The van der Waals surface area contributed by atoms with E-state index >= 15 is 0 Å². The first-order valence-corrected chi connectivity index (χ1v) is 8.52. The number of aryl methyl sites for hydroxylation is 1. The summed E-state index contributed by atoms with van der Waals surface area (Å²) in [5.74, 6) is 0. The van der Waals surface area contributed by atoms with Gasteiger partial charge < -0.3 is 15.0 Å². The average molecular weight is 313 g/mol. The van der Waals surface area contributed by atoms with Crippen molar-refractivity contribution in [3.63, 3.8) is 0 Å². The van der Waals surface area contributed by atoms with Crippen LogP contribution >= 0.6 is 11.3 Å². The maximum Gasteiger partial charge on any atom is 0.183 e. The van der Waals surface area contributed by atoms with E-state index in [0.717, 1.165) is 35.9 Å². The van der Waals surface area contributed by atoms with Crippen LogP contribution in [0.2, 0.25) is 0 Å². The molecule has 4 nitrogen and oxygen atoms in total. The van der Waals surface area contributed by atoms with Gasteiger partial charge in [-0.1, -0.05) is 18.2 Å². The van der Waals surface area contributed by atoms with Crippen molar-refractivity contribution in [2.45, 2.75) is 25.9 Å². The maximum absolute atomic E-state index is 5.65. The quantitative estimate of drug-likeness (QED) is 0.759. The van der Waals surface area contributed by atoms with Gasteiger partial charge >= 0.3 is 0 Å². The van der Waals surface area contributed by atoms with E-state index in [1.807, 2.05) is 6.07 Å². The topological polar surface area (TPSA) is 49.9 Å². The zero-order chi connectivity index (χ0) is 14.9. The minimum atomic E-state index is 0.334. The summed E-state index contributed by atoms with van der Waals surface area (Å²) in [6, 6.07) is 8.35. The number of ether oxygens (including phenoxy) is 1. The molecule has 3 aromatic rings. The van der Waals surface area contributed by atoms with Gasteiger partial charge in [0.15, 0.2) is 5.13 Å². The van der Waals surface area contributed by atoms with E-state index in [9.17, 15) is 0 Å². The lowest BCUT2D eigenvalue weighted by atomic mass is 10.1. The number of hydrogen-bond acceptors (Lipinski definition) is 4. The lowest BCUT2D eigenvalue weighted by Crippen LogP contribution is -2.18. The smallest absolute Gasteiger partial charge is 0.183 e. The van der Waals surface area contributed by atoms with Crippen LogP contribution in [0, 0.1) is 6.92 Å². The molecule has 5 heteroatoms. The van der Waals surface area contributed by atoms with Crippen LogP contribution in [0.3, 0.4) is 0 Å². The van der Waals surface area contributed by atoms with Gasteiger partial charge in [0.1, 0.15) is 0 Å². The second-order valence-electron chi connectivity index (χ2n) is 5.69. The third kappa shape index (κ3) is 2.51. The molecule has 0 aliphatic carbocycles. The van der Waals surface area contributed by atoms with E-state index in [2.05, 4.69) is 41.6 Å². The molecule has 0 unspecified atom stereocenters. The summed E-state index contributed by atoms with van der Waals surface area (Å²) in [7, 11) is 0. The molecule has 2 aromatic heterocycles. The van der Waals surface area contributed by atoms with E-state index in [-0.39, 0.29) is 0 Å². The van der Waals surface area contributed by atoms with Gasteiger partial charge in [0.05, 0.1) is 11.8 Å². The Morgan fingerprint density at radius 1 is 1.41 bits per heavy atom. The van der Waals surface area contributed by atoms with Crippen molar-refractivity contribution in [1.82, 2.24) is 9.97 Å². The molecule has 3 heterocycles. The summed E-state index contributed by atoms with van der Waals surface area (Å²) >= 11 is 1.71. The molecule has 1 aliphatic rings.